The lowest BCUT2D eigenvalue weighted by molar-refractivity contribution is -0.117. The lowest BCUT2D eigenvalue weighted by Gasteiger charge is -2.23. The van der Waals surface area contributed by atoms with E-state index in [4.69, 9.17) is 0 Å². The van der Waals surface area contributed by atoms with Crippen molar-refractivity contribution in [1.29, 1.82) is 0 Å². The van der Waals surface area contributed by atoms with Crippen molar-refractivity contribution in [3.63, 3.8) is 0 Å². The number of amides is 1. The maximum atomic E-state index is 11.9. The number of aryl methyl sites for hydroxylation is 1. The molecule has 2 aromatic carbocycles. The van der Waals surface area contributed by atoms with Gasteiger partial charge in [-0.1, -0.05) is 36.1 Å². The van der Waals surface area contributed by atoms with Crippen molar-refractivity contribution < 1.29 is 17.8 Å². The van der Waals surface area contributed by atoms with Crippen LogP contribution in [0.3, 0.4) is 0 Å². The second kappa shape index (κ2) is 6.79. The van der Waals surface area contributed by atoms with Crippen molar-refractivity contribution in [2.24, 2.45) is 0 Å². The molecule has 6 heteroatoms. The van der Waals surface area contributed by atoms with Crippen molar-refractivity contribution >= 4 is 16.0 Å². The van der Waals surface area contributed by atoms with Crippen molar-refractivity contribution in [2.45, 2.75) is 24.3 Å². The van der Waals surface area contributed by atoms with Crippen LogP contribution in [0.4, 0.5) is 0 Å². The second-order valence-corrected chi connectivity index (χ2v) is 7.46. The maximum absolute atomic E-state index is 11.9. The lowest BCUT2D eigenvalue weighted by atomic mass is 9.90. The van der Waals surface area contributed by atoms with Crippen molar-refractivity contribution in [3.8, 4) is 11.8 Å². The molecule has 0 aliphatic heterocycles. The van der Waals surface area contributed by atoms with Crippen molar-refractivity contribution in [2.75, 3.05) is 0 Å². The molecule has 132 valence electrons. The zero-order chi connectivity index (χ0) is 18.9. The summed E-state index contributed by atoms with van der Waals surface area (Å²) in [5.41, 5.74) is 3.90. The molecule has 1 N–H and O–H groups in total. The quantitative estimate of drug-likeness (QED) is 0.513. The summed E-state index contributed by atoms with van der Waals surface area (Å²) < 4.78 is 34.2. The van der Waals surface area contributed by atoms with E-state index in [1.54, 1.807) is 0 Å². The van der Waals surface area contributed by atoms with Gasteiger partial charge in [-0.2, -0.15) is 0 Å². The van der Waals surface area contributed by atoms with Gasteiger partial charge in [-0.15, -0.1) is 0 Å². The number of carbonyl (C=O) groups excluding carboxylic acids is 1. The molecule has 0 bridgehead atoms. The molecule has 26 heavy (non-hydrogen) atoms. The van der Waals surface area contributed by atoms with Gasteiger partial charge in [-0.25, -0.2) is 8.42 Å². The zero-order valence-electron chi connectivity index (χ0n) is 14.1. The highest BCUT2D eigenvalue weighted by molar-refractivity contribution is 7.85. The Balaban J connectivity index is 2.21. The van der Waals surface area contributed by atoms with E-state index in [-0.39, 0.29) is 10.8 Å². The molecule has 1 atom stereocenters. The van der Waals surface area contributed by atoms with Crippen molar-refractivity contribution in [3.05, 3.63) is 76.9 Å². The molecule has 2 aromatic rings. The van der Waals surface area contributed by atoms with Gasteiger partial charge in [-0.3, -0.25) is 4.79 Å². The SMILES string of the molecule is C=CC(=O)NC1Cc2cc(C)ccc2C#Cc2ccc(S(=O)(=O)[O-])cc21. The molecule has 5 nitrogen and oxygen atoms in total. The van der Waals surface area contributed by atoms with Gasteiger partial charge in [0.25, 0.3) is 0 Å². The van der Waals surface area contributed by atoms with E-state index in [2.05, 4.69) is 23.7 Å². The molecule has 1 unspecified atom stereocenters. The Morgan fingerprint density at radius 3 is 2.62 bits per heavy atom. The average molecular weight is 366 g/mol. The molecule has 1 amide bonds. The molecule has 3 rings (SSSR count). The van der Waals surface area contributed by atoms with Crippen molar-refractivity contribution in [1.82, 2.24) is 5.32 Å². The lowest BCUT2D eigenvalue weighted by Crippen LogP contribution is -2.29. The van der Waals surface area contributed by atoms with Gasteiger partial charge in [0, 0.05) is 11.1 Å². The number of carbonyl (C=O) groups is 1. The molecular weight excluding hydrogens is 350 g/mol. The molecule has 0 saturated heterocycles. The first kappa shape index (κ1) is 17.9. The van der Waals surface area contributed by atoms with Crippen LogP contribution < -0.4 is 5.32 Å². The van der Waals surface area contributed by atoms with E-state index in [1.165, 1.54) is 18.2 Å². The Kier molecular flexibility index (Phi) is 4.68. The molecule has 1 aliphatic rings. The van der Waals surface area contributed by atoms with E-state index in [9.17, 15) is 17.8 Å². The van der Waals surface area contributed by atoms with Crippen LogP contribution in [0, 0.1) is 18.8 Å². The predicted molar refractivity (Wildman–Crippen MR) is 96.3 cm³/mol. The smallest absolute Gasteiger partial charge is 0.243 e. The first-order valence-electron chi connectivity index (χ1n) is 7.92. The third-order valence-electron chi connectivity index (χ3n) is 4.21. The summed E-state index contributed by atoms with van der Waals surface area (Å²) in [7, 11) is -4.61. The molecular formula is C20H16NO4S-. The summed E-state index contributed by atoms with van der Waals surface area (Å²) in [6.45, 7) is 5.41. The highest BCUT2D eigenvalue weighted by Crippen LogP contribution is 2.28. The molecule has 0 fully saturated rings. The fourth-order valence-electron chi connectivity index (χ4n) is 2.94. The number of hydrogen-bond donors (Lipinski definition) is 1. The average Bonchev–Trinajstić information content (AvgIpc) is 2.58. The molecule has 0 radical (unpaired) electrons. The van der Waals surface area contributed by atoms with Crippen LogP contribution in [0.5, 0.6) is 0 Å². The summed E-state index contributed by atoms with van der Waals surface area (Å²) in [5.74, 6) is 5.71. The Labute approximate surface area is 152 Å². The van der Waals surface area contributed by atoms with Crippen LogP contribution in [0.2, 0.25) is 0 Å². The normalized spacial score (nSPS) is 15.4. The second-order valence-electron chi connectivity index (χ2n) is 6.08. The third kappa shape index (κ3) is 3.69. The van der Waals surface area contributed by atoms with Crippen LogP contribution in [0.25, 0.3) is 0 Å². The van der Waals surface area contributed by atoms with Gasteiger partial charge in [0.15, 0.2) is 0 Å². The largest absolute Gasteiger partial charge is 0.744 e. The molecule has 1 aliphatic carbocycles. The van der Waals surface area contributed by atoms with E-state index >= 15 is 0 Å². The third-order valence-corrected chi connectivity index (χ3v) is 5.04. The summed E-state index contributed by atoms with van der Waals surface area (Å²) in [5, 5.41) is 2.81. The molecule has 0 aromatic heterocycles. The van der Waals surface area contributed by atoms with Crippen LogP contribution in [0.1, 0.15) is 33.9 Å². The highest BCUT2D eigenvalue weighted by Gasteiger charge is 2.21. The van der Waals surface area contributed by atoms with E-state index in [0.29, 0.717) is 17.5 Å². The number of benzene rings is 2. The van der Waals surface area contributed by atoms with Gasteiger partial charge in [-0.05, 0) is 54.8 Å². The minimum atomic E-state index is -4.61. The Morgan fingerprint density at radius 2 is 1.92 bits per heavy atom. The van der Waals surface area contributed by atoms with Gasteiger partial charge in [0.1, 0.15) is 10.1 Å². The summed E-state index contributed by atoms with van der Waals surface area (Å²) >= 11 is 0. The molecule has 0 spiro atoms. The summed E-state index contributed by atoms with van der Waals surface area (Å²) in [6.07, 6.45) is 1.57. The van der Waals surface area contributed by atoms with Gasteiger partial charge < -0.3 is 9.87 Å². The highest BCUT2D eigenvalue weighted by atomic mass is 32.2. The summed E-state index contributed by atoms with van der Waals surface area (Å²) in [6, 6.07) is 9.36. The zero-order valence-corrected chi connectivity index (χ0v) is 14.9. The minimum absolute atomic E-state index is 0.346. The topological polar surface area (TPSA) is 86.3 Å². The number of hydrogen-bond acceptors (Lipinski definition) is 4. The number of fused-ring (bicyclic) bond motifs is 2. The maximum Gasteiger partial charge on any atom is 0.243 e. The van der Waals surface area contributed by atoms with E-state index in [1.807, 2.05) is 25.1 Å². The van der Waals surface area contributed by atoms with Crippen LogP contribution in [0.15, 0.2) is 53.9 Å². The first-order chi connectivity index (χ1) is 12.3. The van der Waals surface area contributed by atoms with E-state index < -0.39 is 16.2 Å². The Bertz CT molecular complexity index is 1070. The fraction of sp³-hybridized carbons (Fsp3) is 0.150. The number of rotatable bonds is 3. The van der Waals surface area contributed by atoms with Gasteiger partial charge in [0.2, 0.25) is 5.91 Å². The Hall–Kier alpha value is -2.88. The fourth-order valence-corrected chi connectivity index (χ4v) is 3.44. The molecule has 0 saturated carbocycles. The number of nitrogens with one attached hydrogen (secondary N) is 1. The molecule has 0 heterocycles. The predicted octanol–water partition coefficient (Wildman–Crippen LogP) is 2.20. The van der Waals surface area contributed by atoms with Crippen LogP contribution >= 0.6 is 0 Å². The first-order valence-corrected chi connectivity index (χ1v) is 9.33. The van der Waals surface area contributed by atoms with Gasteiger partial charge in [0.05, 0.1) is 10.9 Å². The Morgan fingerprint density at radius 1 is 1.23 bits per heavy atom. The minimum Gasteiger partial charge on any atom is -0.744 e. The monoisotopic (exact) mass is 366 g/mol. The van der Waals surface area contributed by atoms with Crippen LogP contribution in [-0.4, -0.2) is 18.9 Å². The standard InChI is InChI=1S/C20H17NO4S/c1-3-20(22)21-19-11-16-10-13(2)4-5-14(16)6-7-15-8-9-17(12-18(15)19)26(23,24)25/h3-5,8-10,12,19H,1,11H2,2H3,(H,21,22)(H,23,24,25)/p-1. The summed E-state index contributed by atoms with van der Waals surface area (Å²) in [4.78, 5) is 11.6. The van der Waals surface area contributed by atoms with Crippen LogP contribution in [-0.2, 0) is 21.3 Å². The van der Waals surface area contributed by atoms with E-state index in [0.717, 1.165) is 22.8 Å². The van der Waals surface area contributed by atoms with Gasteiger partial charge >= 0.3 is 0 Å².